The number of aryl methyl sites for hydroxylation is 2. The number of carbonyl (C=O) groups excluding carboxylic acids is 2. The van der Waals surface area contributed by atoms with E-state index < -0.39 is 0 Å². The number of nitrogens with one attached hydrogen (secondary N) is 1. The van der Waals surface area contributed by atoms with Crippen LogP contribution in [-0.4, -0.2) is 21.7 Å². The smallest absolute Gasteiger partial charge is 0.278 e. The second kappa shape index (κ2) is 7.72. The Kier molecular flexibility index (Phi) is 4.96. The molecule has 0 radical (unpaired) electrons. The summed E-state index contributed by atoms with van der Waals surface area (Å²) in [7, 11) is 0. The molecule has 5 nitrogen and oxygen atoms in total. The van der Waals surface area contributed by atoms with Crippen molar-refractivity contribution in [3.63, 3.8) is 0 Å². The number of hydrogen-bond donors (Lipinski definition) is 1. The maximum absolute atomic E-state index is 13.2. The summed E-state index contributed by atoms with van der Waals surface area (Å²) in [5.41, 5.74) is 5.22. The van der Waals surface area contributed by atoms with E-state index >= 15 is 0 Å². The number of aromatic nitrogens is 1. The molecule has 0 spiro atoms. The highest BCUT2D eigenvalue weighted by atomic mass is 16.2. The lowest BCUT2D eigenvalue weighted by molar-refractivity contribution is -0.137. The van der Waals surface area contributed by atoms with Gasteiger partial charge in [0.1, 0.15) is 5.70 Å². The van der Waals surface area contributed by atoms with Gasteiger partial charge in [0.05, 0.1) is 12.1 Å². The van der Waals surface area contributed by atoms with E-state index in [2.05, 4.69) is 16.4 Å². The largest absolute Gasteiger partial charge is 0.350 e. The Labute approximate surface area is 169 Å². The lowest BCUT2D eigenvalue weighted by Crippen LogP contribution is -2.32. The zero-order valence-corrected chi connectivity index (χ0v) is 16.3. The Bertz CT molecular complexity index is 1090. The highest BCUT2D eigenvalue weighted by Crippen LogP contribution is 2.31. The van der Waals surface area contributed by atoms with E-state index in [9.17, 15) is 9.59 Å². The zero-order chi connectivity index (χ0) is 20.4. The van der Waals surface area contributed by atoms with Gasteiger partial charge in [0, 0.05) is 18.1 Å². The molecule has 1 aromatic heterocycles. The molecule has 1 N–H and O–H groups in total. The van der Waals surface area contributed by atoms with Crippen molar-refractivity contribution >= 4 is 23.1 Å². The molecular formula is C24H21N3O2. The molecule has 0 fully saturated rings. The molecule has 0 bridgehead atoms. The van der Waals surface area contributed by atoms with E-state index in [1.165, 1.54) is 4.90 Å². The van der Waals surface area contributed by atoms with Gasteiger partial charge in [-0.05, 0) is 60.4 Å². The van der Waals surface area contributed by atoms with Crippen molar-refractivity contribution < 1.29 is 9.59 Å². The number of benzene rings is 2. The first-order chi connectivity index (χ1) is 14.0. The normalized spacial score (nSPS) is 13.9. The minimum Gasteiger partial charge on any atom is -0.350 e. The molecular weight excluding hydrogens is 362 g/mol. The average Bonchev–Trinajstić information content (AvgIpc) is 2.93. The first-order valence-electron chi connectivity index (χ1n) is 9.43. The summed E-state index contributed by atoms with van der Waals surface area (Å²) in [5.74, 6) is -0.630. The summed E-state index contributed by atoms with van der Waals surface area (Å²) >= 11 is 0. The maximum Gasteiger partial charge on any atom is 0.278 e. The van der Waals surface area contributed by atoms with Crippen LogP contribution in [0, 0.1) is 13.8 Å². The summed E-state index contributed by atoms with van der Waals surface area (Å²) in [5, 5.41) is 3.22. The van der Waals surface area contributed by atoms with Crippen LogP contribution in [0.2, 0.25) is 0 Å². The zero-order valence-electron chi connectivity index (χ0n) is 16.3. The van der Waals surface area contributed by atoms with E-state index in [4.69, 9.17) is 0 Å². The number of amides is 2. The predicted octanol–water partition coefficient (Wildman–Crippen LogP) is 4.09. The van der Waals surface area contributed by atoms with Crippen LogP contribution in [0.25, 0.3) is 5.57 Å². The molecule has 5 heteroatoms. The molecule has 29 heavy (non-hydrogen) atoms. The lowest BCUT2D eigenvalue weighted by Gasteiger charge is -2.15. The standard InChI is InChI=1S/C24H21N3O2/c1-16-12-17(2)14-20(13-16)26-22-21(19-6-4-3-5-7-19)23(28)27(24(22)29)15-18-8-10-25-11-9-18/h3-14,26H,15H2,1-2H3. The number of anilines is 1. The van der Waals surface area contributed by atoms with Crippen LogP contribution in [0.3, 0.4) is 0 Å². The Balaban J connectivity index is 1.75. The van der Waals surface area contributed by atoms with Gasteiger partial charge < -0.3 is 5.32 Å². The van der Waals surface area contributed by atoms with E-state index in [1.807, 2.05) is 56.3 Å². The van der Waals surface area contributed by atoms with Crippen LogP contribution in [0.15, 0.2) is 78.8 Å². The molecule has 3 aromatic rings. The van der Waals surface area contributed by atoms with Gasteiger partial charge in [-0.2, -0.15) is 0 Å². The number of carbonyl (C=O) groups is 2. The summed E-state index contributed by atoms with van der Waals surface area (Å²) in [6, 6.07) is 18.9. The SMILES string of the molecule is Cc1cc(C)cc(NC2=C(c3ccccc3)C(=O)N(Cc3ccncc3)C2=O)c1. The predicted molar refractivity (Wildman–Crippen MR) is 113 cm³/mol. The van der Waals surface area contributed by atoms with Crippen LogP contribution in [0.4, 0.5) is 5.69 Å². The van der Waals surface area contributed by atoms with Crippen LogP contribution >= 0.6 is 0 Å². The van der Waals surface area contributed by atoms with Crippen molar-refractivity contribution in [3.8, 4) is 0 Å². The van der Waals surface area contributed by atoms with E-state index in [1.54, 1.807) is 24.5 Å². The van der Waals surface area contributed by atoms with Gasteiger partial charge in [-0.1, -0.05) is 36.4 Å². The van der Waals surface area contributed by atoms with Gasteiger partial charge >= 0.3 is 0 Å². The molecule has 2 heterocycles. The van der Waals surface area contributed by atoms with Crippen molar-refractivity contribution in [1.82, 2.24) is 9.88 Å². The Morgan fingerprint density at radius 3 is 2.17 bits per heavy atom. The third kappa shape index (κ3) is 3.80. The number of hydrogen-bond acceptors (Lipinski definition) is 4. The highest BCUT2D eigenvalue weighted by Gasteiger charge is 2.39. The van der Waals surface area contributed by atoms with Gasteiger partial charge in [-0.3, -0.25) is 19.5 Å². The molecule has 4 rings (SSSR count). The van der Waals surface area contributed by atoms with Crippen LogP contribution < -0.4 is 5.32 Å². The number of imide groups is 1. The van der Waals surface area contributed by atoms with Crippen molar-refractivity contribution in [3.05, 3.63) is 101 Å². The van der Waals surface area contributed by atoms with Crippen LogP contribution in [0.5, 0.6) is 0 Å². The summed E-state index contributed by atoms with van der Waals surface area (Å²) < 4.78 is 0. The van der Waals surface area contributed by atoms with Crippen molar-refractivity contribution in [2.75, 3.05) is 5.32 Å². The fourth-order valence-electron chi connectivity index (χ4n) is 3.57. The van der Waals surface area contributed by atoms with Crippen molar-refractivity contribution in [2.45, 2.75) is 20.4 Å². The molecule has 1 aliphatic rings. The van der Waals surface area contributed by atoms with Gasteiger partial charge in [0.25, 0.3) is 11.8 Å². The fourth-order valence-corrected chi connectivity index (χ4v) is 3.57. The van der Waals surface area contributed by atoms with Gasteiger partial charge in [0.15, 0.2) is 0 Å². The van der Waals surface area contributed by atoms with Crippen LogP contribution in [0.1, 0.15) is 22.3 Å². The molecule has 144 valence electrons. The molecule has 2 aromatic carbocycles. The quantitative estimate of drug-likeness (QED) is 0.674. The Hall–Kier alpha value is -3.73. The molecule has 2 amide bonds. The molecule has 0 atom stereocenters. The molecule has 0 aliphatic carbocycles. The molecule has 0 unspecified atom stereocenters. The number of rotatable bonds is 5. The van der Waals surface area contributed by atoms with E-state index in [-0.39, 0.29) is 18.4 Å². The second-order valence-electron chi connectivity index (χ2n) is 7.17. The third-order valence-corrected chi connectivity index (χ3v) is 4.81. The van der Waals surface area contributed by atoms with Gasteiger partial charge in [-0.25, -0.2) is 0 Å². The third-order valence-electron chi connectivity index (χ3n) is 4.81. The first-order valence-corrected chi connectivity index (χ1v) is 9.43. The summed E-state index contributed by atoms with van der Waals surface area (Å²) in [6.07, 6.45) is 3.31. The van der Waals surface area contributed by atoms with Gasteiger partial charge in [-0.15, -0.1) is 0 Å². The number of nitrogens with zero attached hydrogens (tertiary/aromatic N) is 2. The Morgan fingerprint density at radius 1 is 0.862 bits per heavy atom. The fraction of sp³-hybridized carbons (Fsp3) is 0.125. The van der Waals surface area contributed by atoms with Gasteiger partial charge in [0.2, 0.25) is 0 Å². The monoisotopic (exact) mass is 383 g/mol. The average molecular weight is 383 g/mol. The van der Waals surface area contributed by atoms with E-state index in [0.717, 1.165) is 27.9 Å². The lowest BCUT2D eigenvalue weighted by atomic mass is 10.0. The van der Waals surface area contributed by atoms with Crippen molar-refractivity contribution in [1.29, 1.82) is 0 Å². The van der Waals surface area contributed by atoms with Crippen LogP contribution in [-0.2, 0) is 16.1 Å². The molecule has 1 aliphatic heterocycles. The minimum atomic E-state index is -0.329. The molecule has 0 saturated heterocycles. The second-order valence-corrected chi connectivity index (χ2v) is 7.17. The minimum absolute atomic E-state index is 0.203. The maximum atomic E-state index is 13.2. The van der Waals surface area contributed by atoms with Crippen molar-refractivity contribution in [2.24, 2.45) is 0 Å². The first kappa shape index (κ1) is 18.6. The topological polar surface area (TPSA) is 62.3 Å². The number of pyridine rings is 1. The Morgan fingerprint density at radius 2 is 1.52 bits per heavy atom. The summed E-state index contributed by atoms with van der Waals surface area (Å²) in [6.45, 7) is 4.21. The highest BCUT2D eigenvalue weighted by molar-refractivity contribution is 6.36. The molecule has 0 saturated carbocycles. The summed E-state index contributed by atoms with van der Waals surface area (Å²) in [4.78, 5) is 31.8. The van der Waals surface area contributed by atoms with E-state index in [0.29, 0.717) is 11.3 Å².